The Balaban J connectivity index is 1.70. The lowest BCUT2D eigenvalue weighted by Gasteiger charge is -2.31. The van der Waals surface area contributed by atoms with Crippen LogP contribution in [0.15, 0.2) is 40.9 Å². The van der Waals surface area contributed by atoms with Gasteiger partial charge in [0.2, 0.25) is 0 Å². The molecule has 3 aromatic rings. The number of carbonyl (C=O) groups is 1. The van der Waals surface area contributed by atoms with Crippen molar-refractivity contribution in [3.05, 3.63) is 68.8 Å². The highest BCUT2D eigenvalue weighted by atomic mass is 79.9. The van der Waals surface area contributed by atoms with Crippen molar-refractivity contribution in [1.29, 1.82) is 0 Å². The number of halogens is 1. The van der Waals surface area contributed by atoms with E-state index < -0.39 is 21.9 Å². The third-order valence-corrected chi connectivity index (χ3v) is 8.74. The van der Waals surface area contributed by atoms with Crippen LogP contribution in [0.1, 0.15) is 45.2 Å². The molecule has 0 saturated carbocycles. The molecule has 1 saturated heterocycles. The minimum absolute atomic E-state index is 0.0479. The third kappa shape index (κ3) is 3.34. The third-order valence-electron chi connectivity index (χ3n) is 6.46. The van der Waals surface area contributed by atoms with Crippen LogP contribution in [-0.2, 0) is 9.84 Å². The molecule has 7 nitrogen and oxygen atoms in total. The van der Waals surface area contributed by atoms with Gasteiger partial charge in [0.05, 0.1) is 17.5 Å². The molecule has 1 amide bonds. The summed E-state index contributed by atoms with van der Waals surface area (Å²) in [6.07, 6.45) is 0.406. The fraction of sp³-hybridized carbons (Fsp3) is 0.304. The summed E-state index contributed by atoms with van der Waals surface area (Å²) in [5.41, 5.74) is 4.87. The number of benzene rings is 2. The minimum atomic E-state index is -3.19. The highest BCUT2D eigenvalue weighted by Crippen LogP contribution is 2.46. The monoisotopic (exact) mass is 515 g/mol. The van der Waals surface area contributed by atoms with Gasteiger partial charge in [0.25, 0.3) is 5.91 Å². The van der Waals surface area contributed by atoms with E-state index in [2.05, 4.69) is 26.1 Å². The number of aryl methyl sites for hydroxylation is 2. The van der Waals surface area contributed by atoms with Crippen molar-refractivity contribution in [3.63, 3.8) is 0 Å². The predicted molar refractivity (Wildman–Crippen MR) is 124 cm³/mol. The van der Waals surface area contributed by atoms with E-state index in [0.717, 1.165) is 21.2 Å². The van der Waals surface area contributed by atoms with Crippen LogP contribution in [0.25, 0.3) is 11.3 Å². The molecule has 1 aromatic heterocycles. The molecule has 0 spiro atoms. The van der Waals surface area contributed by atoms with E-state index in [4.69, 9.17) is 0 Å². The number of nitrogens with zero attached hydrogens (tertiary/aromatic N) is 2. The summed E-state index contributed by atoms with van der Waals surface area (Å²) in [5.74, 6) is -0.150. The van der Waals surface area contributed by atoms with Gasteiger partial charge < -0.3 is 10.0 Å². The fourth-order valence-electron chi connectivity index (χ4n) is 4.71. The van der Waals surface area contributed by atoms with Crippen LogP contribution in [-0.4, -0.2) is 52.1 Å². The van der Waals surface area contributed by atoms with Crippen LogP contribution < -0.4 is 0 Å². The summed E-state index contributed by atoms with van der Waals surface area (Å²) in [6, 6.07) is 10.3. The fourth-order valence-corrected chi connectivity index (χ4v) is 6.68. The number of rotatable bonds is 3. The normalized spacial score (nSPS) is 21.8. The van der Waals surface area contributed by atoms with Gasteiger partial charge in [0, 0.05) is 21.6 Å². The summed E-state index contributed by atoms with van der Waals surface area (Å²) in [7, 11) is -3.19. The molecule has 1 fully saturated rings. The summed E-state index contributed by atoms with van der Waals surface area (Å²) in [4.78, 5) is 15.2. The van der Waals surface area contributed by atoms with Crippen LogP contribution in [0.2, 0.25) is 0 Å². The van der Waals surface area contributed by atoms with Gasteiger partial charge in [-0.2, -0.15) is 5.10 Å². The van der Waals surface area contributed by atoms with Crippen molar-refractivity contribution in [2.45, 2.75) is 32.4 Å². The second-order valence-corrected chi connectivity index (χ2v) is 11.7. The Bertz CT molecular complexity index is 1350. The van der Waals surface area contributed by atoms with Crippen molar-refractivity contribution in [3.8, 4) is 17.0 Å². The summed E-state index contributed by atoms with van der Waals surface area (Å²) < 4.78 is 25.3. The maximum atomic E-state index is 13.5. The number of amides is 1. The van der Waals surface area contributed by atoms with Crippen LogP contribution >= 0.6 is 15.9 Å². The van der Waals surface area contributed by atoms with Gasteiger partial charge in [-0.05, 0) is 61.2 Å². The summed E-state index contributed by atoms with van der Waals surface area (Å²) in [6.45, 7) is 3.88. The van der Waals surface area contributed by atoms with E-state index in [1.807, 2.05) is 44.2 Å². The maximum Gasteiger partial charge on any atom is 0.273 e. The van der Waals surface area contributed by atoms with Crippen LogP contribution in [0.3, 0.4) is 0 Å². The van der Waals surface area contributed by atoms with E-state index in [1.54, 1.807) is 11.0 Å². The van der Waals surface area contributed by atoms with E-state index in [0.29, 0.717) is 28.9 Å². The molecule has 0 aliphatic carbocycles. The smallest absolute Gasteiger partial charge is 0.273 e. The number of carbonyl (C=O) groups excluding carboxylic acids is 1. The highest BCUT2D eigenvalue weighted by molar-refractivity contribution is 9.10. The molecule has 0 bridgehead atoms. The van der Waals surface area contributed by atoms with Crippen molar-refractivity contribution in [2.75, 3.05) is 11.5 Å². The van der Waals surface area contributed by atoms with E-state index in [9.17, 15) is 18.3 Å². The first kappa shape index (κ1) is 21.2. The molecule has 3 heterocycles. The quantitative estimate of drug-likeness (QED) is 0.550. The topological polar surface area (TPSA) is 103 Å². The zero-order valence-electron chi connectivity index (χ0n) is 17.6. The van der Waals surface area contributed by atoms with Gasteiger partial charge in [-0.3, -0.25) is 9.89 Å². The van der Waals surface area contributed by atoms with Gasteiger partial charge in [-0.15, -0.1) is 0 Å². The molecule has 166 valence electrons. The molecule has 2 aromatic carbocycles. The molecular formula is C23H22BrN3O4S. The number of hydrogen-bond acceptors (Lipinski definition) is 5. The van der Waals surface area contributed by atoms with Crippen LogP contribution in [0.4, 0.5) is 0 Å². The zero-order valence-corrected chi connectivity index (χ0v) is 20.0. The number of phenols is 1. The second-order valence-electron chi connectivity index (χ2n) is 8.54. The molecule has 2 aliphatic heterocycles. The van der Waals surface area contributed by atoms with Crippen LogP contribution in [0.5, 0.6) is 5.75 Å². The molecule has 32 heavy (non-hydrogen) atoms. The lowest BCUT2D eigenvalue weighted by Crippen LogP contribution is -2.40. The Morgan fingerprint density at radius 3 is 2.50 bits per heavy atom. The molecule has 5 rings (SSSR count). The number of sulfone groups is 1. The number of fused-ring (bicyclic) bond motifs is 1. The SMILES string of the molecule is Cc1cc(O)c(-c2n[nH]c3c2C(c2ccc(Br)cc2)N(C2CCS(=O)(=O)C2)C3=O)cc1C. The standard InChI is InChI=1S/C23H22BrN3O4S/c1-12-9-17(18(28)10-13(12)2)20-19-21(26-25-20)23(29)27(16-7-8-32(30,31)11-16)22(19)14-3-5-15(24)6-4-14/h3-6,9-10,16,22,28H,7-8,11H2,1-2H3,(H,25,26). The lowest BCUT2D eigenvalue weighted by atomic mass is 9.93. The van der Waals surface area contributed by atoms with Gasteiger partial charge in [-0.1, -0.05) is 28.1 Å². The number of aromatic nitrogens is 2. The molecule has 2 atom stereocenters. The Labute approximate surface area is 194 Å². The number of hydrogen-bond donors (Lipinski definition) is 2. The molecule has 2 unspecified atom stereocenters. The van der Waals surface area contributed by atoms with Crippen molar-refractivity contribution >= 4 is 31.7 Å². The van der Waals surface area contributed by atoms with Gasteiger partial charge >= 0.3 is 0 Å². The number of nitrogens with one attached hydrogen (secondary N) is 1. The highest BCUT2D eigenvalue weighted by Gasteiger charge is 2.48. The van der Waals surface area contributed by atoms with Crippen molar-refractivity contribution in [2.24, 2.45) is 0 Å². The summed E-state index contributed by atoms with van der Waals surface area (Å²) in [5, 5.41) is 18.0. The molecular weight excluding hydrogens is 494 g/mol. The zero-order chi connectivity index (χ0) is 22.8. The van der Waals surface area contributed by atoms with Gasteiger partial charge in [-0.25, -0.2) is 8.42 Å². The lowest BCUT2D eigenvalue weighted by molar-refractivity contribution is 0.0677. The van der Waals surface area contributed by atoms with Gasteiger partial charge in [0.1, 0.15) is 17.1 Å². The second kappa shape index (κ2) is 7.45. The number of phenolic OH excluding ortho intramolecular Hbond substituents is 1. The van der Waals surface area contributed by atoms with E-state index in [1.165, 1.54) is 0 Å². The molecule has 9 heteroatoms. The van der Waals surface area contributed by atoms with Gasteiger partial charge in [0.15, 0.2) is 9.84 Å². The first-order valence-electron chi connectivity index (χ1n) is 10.3. The number of aromatic amines is 1. The largest absolute Gasteiger partial charge is 0.507 e. The molecule has 0 radical (unpaired) electrons. The average molecular weight is 516 g/mol. The van der Waals surface area contributed by atoms with Crippen molar-refractivity contribution < 1.29 is 18.3 Å². The maximum absolute atomic E-state index is 13.5. The van der Waals surface area contributed by atoms with Crippen LogP contribution in [0, 0.1) is 13.8 Å². The van der Waals surface area contributed by atoms with E-state index >= 15 is 0 Å². The minimum Gasteiger partial charge on any atom is -0.507 e. The van der Waals surface area contributed by atoms with Crippen molar-refractivity contribution in [1.82, 2.24) is 15.1 Å². The Morgan fingerprint density at radius 1 is 1.16 bits per heavy atom. The van der Waals surface area contributed by atoms with E-state index in [-0.39, 0.29) is 23.2 Å². The number of aromatic hydroxyl groups is 1. The number of H-pyrrole nitrogens is 1. The summed E-state index contributed by atoms with van der Waals surface area (Å²) >= 11 is 3.45. The average Bonchev–Trinajstić information content (AvgIpc) is 3.39. The molecule has 2 N–H and O–H groups in total. The first-order valence-corrected chi connectivity index (χ1v) is 12.9. The predicted octanol–water partition coefficient (Wildman–Crippen LogP) is 3.89. The Morgan fingerprint density at radius 2 is 1.84 bits per heavy atom. The first-order chi connectivity index (χ1) is 15.2. The molecule has 2 aliphatic rings. The Kier molecular flexibility index (Phi) is 4.94. The Hall–Kier alpha value is -2.65.